The second-order valence-corrected chi connectivity index (χ2v) is 10.7. The molecule has 1 aliphatic rings. The van der Waals surface area contributed by atoms with Gasteiger partial charge in [0.2, 0.25) is 5.91 Å². The third-order valence-electron chi connectivity index (χ3n) is 5.79. The summed E-state index contributed by atoms with van der Waals surface area (Å²) in [7, 11) is 1.56. The predicted molar refractivity (Wildman–Crippen MR) is 141 cm³/mol. The molecule has 35 heavy (non-hydrogen) atoms. The van der Waals surface area contributed by atoms with Gasteiger partial charge in [-0.05, 0) is 54.1 Å². The molecule has 0 aromatic heterocycles. The lowest BCUT2D eigenvalue weighted by molar-refractivity contribution is -0.117. The molecule has 3 aromatic rings. The van der Waals surface area contributed by atoms with E-state index >= 15 is 0 Å². The second kappa shape index (κ2) is 9.68. The van der Waals surface area contributed by atoms with Crippen LogP contribution in [0, 0.1) is 11.7 Å². The zero-order chi connectivity index (χ0) is 25.7. The second-order valence-electron chi connectivity index (χ2n) is 8.03. The summed E-state index contributed by atoms with van der Waals surface area (Å²) in [6, 6.07) is 13.6. The highest BCUT2D eigenvalue weighted by atomic mass is 35.5. The number of alkyl halides is 2. The summed E-state index contributed by atoms with van der Waals surface area (Å²) < 4.78 is 12.1. The number of hydrogen-bond donors (Lipinski definition) is 2. The zero-order valence-electron chi connectivity index (χ0n) is 18.0. The van der Waals surface area contributed by atoms with Gasteiger partial charge in [0, 0.05) is 24.3 Å². The fourth-order valence-corrected chi connectivity index (χ4v) is 5.41. The van der Waals surface area contributed by atoms with Crippen molar-refractivity contribution in [3.8, 4) is 0 Å². The van der Waals surface area contributed by atoms with Gasteiger partial charge in [-0.15, -0.1) is 23.2 Å². The summed E-state index contributed by atoms with van der Waals surface area (Å²) in [6.45, 7) is 0. The van der Waals surface area contributed by atoms with E-state index in [1.807, 2.05) is 0 Å². The quantitative estimate of drug-likeness (QED) is 0.250. The maximum Gasteiger partial charge on any atom is 0.261 e. The number of benzene rings is 3. The highest BCUT2D eigenvalue weighted by Gasteiger charge is 2.67. The Kier molecular flexibility index (Phi) is 7.15. The molecule has 1 aliphatic carbocycles. The summed E-state index contributed by atoms with van der Waals surface area (Å²) in [4.78, 5) is 27.6. The Morgan fingerprint density at radius 2 is 1.66 bits per heavy atom. The first kappa shape index (κ1) is 25.9. The Bertz CT molecular complexity index is 1330. The molecule has 0 heterocycles. The smallest absolute Gasteiger partial charge is 0.261 e. The van der Waals surface area contributed by atoms with Crippen molar-refractivity contribution < 1.29 is 14.0 Å². The lowest BCUT2D eigenvalue weighted by Gasteiger charge is -2.20. The van der Waals surface area contributed by atoms with Gasteiger partial charge in [-0.3, -0.25) is 9.59 Å². The van der Waals surface area contributed by atoms with Crippen LogP contribution in [-0.2, 0) is 4.79 Å². The lowest BCUT2D eigenvalue weighted by Crippen LogP contribution is -2.27. The molecule has 0 spiro atoms. The van der Waals surface area contributed by atoms with Crippen molar-refractivity contribution in [2.24, 2.45) is 5.92 Å². The minimum Gasteiger partial charge on any atom is -0.399 e. The van der Waals surface area contributed by atoms with E-state index in [2.05, 4.69) is 5.32 Å². The van der Waals surface area contributed by atoms with Crippen LogP contribution >= 0.6 is 58.0 Å². The normalized spacial score (nSPS) is 18.1. The number of carbonyl (C=O) groups excluding carboxylic acids is 2. The standard InChI is InChI=1S/C24H17Cl5FN3O2/c1-33(13-5-3-12(31)4-6-13)23(35)18-14(25)7-9-17(21(18)27)32-22(34)20-19(24(20,28)29)11-2-8-16(30)15(26)10-11/h2-10,19-20H,31H2,1H3,(H,32,34). The van der Waals surface area contributed by atoms with E-state index in [4.69, 9.17) is 63.7 Å². The number of nitrogens with one attached hydrogen (secondary N) is 1. The Hall–Kier alpha value is -2.22. The zero-order valence-corrected chi connectivity index (χ0v) is 21.7. The van der Waals surface area contributed by atoms with Gasteiger partial charge in [0.1, 0.15) is 10.2 Å². The molecule has 11 heteroatoms. The molecule has 0 aliphatic heterocycles. The third kappa shape index (κ3) is 4.91. The third-order valence-corrected chi connectivity index (χ3v) is 7.72. The molecule has 0 saturated heterocycles. The van der Waals surface area contributed by atoms with Crippen LogP contribution in [0.1, 0.15) is 21.8 Å². The molecule has 0 radical (unpaired) electrons. The number of amides is 2. The highest BCUT2D eigenvalue weighted by molar-refractivity contribution is 6.53. The van der Waals surface area contributed by atoms with Crippen LogP contribution in [-0.4, -0.2) is 23.2 Å². The minimum absolute atomic E-state index is 0.00568. The van der Waals surface area contributed by atoms with E-state index in [1.54, 1.807) is 31.3 Å². The number of hydrogen-bond acceptors (Lipinski definition) is 3. The molecule has 1 fully saturated rings. The molecular weight excluding hydrogens is 559 g/mol. The average Bonchev–Trinajstić information content (AvgIpc) is 3.39. The van der Waals surface area contributed by atoms with Crippen LogP contribution in [0.5, 0.6) is 0 Å². The van der Waals surface area contributed by atoms with Gasteiger partial charge >= 0.3 is 0 Å². The lowest BCUT2D eigenvalue weighted by atomic mass is 10.1. The van der Waals surface area contributed by atoms with E-state index in [-0.39, 0.29) is 26.3 Å². The van der Waals surface area contributed by atoms with Gasteiger partial charge in [0.15, 0.2) is 0 Å². The summed E-state index contributed by atoms with van der Waals surface area (Å²) in [5.41, 5.74) is 7.50. The molecule has 3 N–H and O–H groups in total. The molecule has 182 valence electrons. The van der Waals surface area contributed by atoms with Gasteiger partial charge < -0.3 is 16.0 Å². The van der Waals surface area contributed by atoms with Gasteiger partial charge in [-0.1, -0.05) is 40.9 Å². The molecular formula is C24H17Cl5FN3O2. The average molecular weight is 576 g/mol. The molecule has 1 saturated carbocycles. The number of nitrogens with two attached hydrogens (primary N) is 1. The van der Waals surface area contributed by atoms with Crippen molar-refractivity contribution in [3.63, 3.8) is 0 Å². The molecule has 3 aromatic carbocycles. The monoisotopic (exact) mass is 573 g/mol. The van der Waals surface area contributed by atoms with E-state index in [1.165, 1.54) is 35.2 Å². The van der Waals surface area contributed by atoms with Crippen molar-refractivity contribution in [3.05, 3.63) is 86.6 Å². The number of anilines is 3. The van der Waals surface area contributed by atoms with E-state index in [0.29, 0.717) is 16.9 Å². The van der Waals surface area contributed by atoms with Crippen LogP contribution in [0.15, 0.2) is 54.6 Å². The highest BCUT2D eigenvalue weighted by Crippen LogP contribution is 2.65. The van der Waals surface area contributed by atoms with Crippen molar-refractivity contribution in [1.82, 2.24) is 0 Å². The van der Waals surface area contributed by atoms with Gasteiger partial charge in [-0.25, -0.2) is 4.39 Å². The first-order chi connectivity index (χ1) is 16.4. The summed E-state index contributed by atoms with van der Waals surface area (Å²) in [5.74, 6) is -3.10. The van der Waals surface area contributed by atoms with Crippen molar-refractivity contribution in [2.45, 2.75) is 10.3 Å². The Balaban J connectivity index is 1.58. The topological polar surface area (TPSA) is 75.4 Å². The van der Waals surface area contributed by atoms with Crippen LogP contribution in [0.3, 0.4) is 0 Å². The van der Waals surface area contributed by atoms with E-state index in [9.17, 15) is 14.0 Å². The van der Waals surface area contributed by atoms with Gasteiger partial charge in [0.05, 0.1) is 32.2 Å². The molecule has 2 unspecified atom stereocenters. The fourth-order valence-electron chi connectivity index (χ4n) is 3.81. The van der Waals surface area contributed by atoms with Crippen LogP contribution in [0.25, 0.3) is 0 Å². The Labute approximate surface area is 225 Å². The van der Waals surface area contributed by atoms with E-state index in [0.717, 1.165) is 0 Å². The summed E-state index contributed by atoms with van der Waals surface area (Å²) in [6.07, 6.45) is 0. The summed E-state index contributed by atoms with van der Waals surface area (Å²) >= 11 is 31.4. The number of carbonyl (C=O) groups is 2. The molecule has 4 rings (SSSR count). The largest absolute Gasteiger partial charge is 0.399 e. The molecule has 5 nitrogen and oxygen atoms in total. The molecule has 0 bridgehead atoms. The fraction of sp³-hybridized carbons (Fsp3) is 0.167. The molecule has 2 atom stereocenters. The minimum atomic E-state index is -1.43. The number of halogens is 6. The molecule has 2 amide bonds. The van der Waals surface area contributed by atoms with Crippen molar-refractivity contribution >= 4 is 86.9 Å². The SMILES string of the molecule is CN(C(=O)c1c(Cl)ccc(NC(=O)C2C(c3ccc(F)c(Cl)c3)C2(Cl)Cl)c1Cl)c1ccc(N)cc1. The van der Waals surface area contributed by atoms with Crippen LogP contribution in [0.4, 0.5) is 21.5 Å². The van der Waals surface area contributed by atoms with Gasteiger partial charge in [-0.2, -0.15) is 0 Å². The number of nitrogen functional groups attached to an aromatic ring is 1. The van der Waals surface area contributed by atoms with E-state index < -0.39 is 33.8 Å². The number of rotatable bonds is 5. The predicted octanol–water partition coefficient (Wildman–Crippen LogP) is 7.17. The Morgan fingerprint density at radius 1 is 1.00 bits per heavy atom. The van der Waals surface area contributed by atoms with Crippen molar-refractivity contribution in [1.29, 1.82) is 0 Å². The maximum atomic E-state index is 13.5. The van der Waals surface area contributed by atoms with Crippen LogP contribution < -0.4 is 16.0 Å². The first-order valence-electron chi connectivity index (χ1n) is 10.2. The Morgan fingerprint density at radius 3 is 2.29 bits per heavy atom. The first-order valence-corrected chi connectivity index (χ1v) is 12.1. The van der Waals surface area contributed by atoms with Gasteiger partial charge in [0.25, 0.3) is 5.91 Å². The summed E-state index contributed by atoms with van der Waals surface area (Å²) in [5, 5.41) is 2.62. The van der Waals surface area contributed by atoms with Crippen molar-refractivity contribution in [2.75, 3.05) is 23.0 Å². The maximum absolute atomic E-state index is 13.5. The van der Waals surface area contributed by atoms with Crippen LogP contribution in [0.2, 0.25) is 15.1 Å². The number of nitrogens with zero attached hydrogens (tertiary/aromatic N) is 1.